The van der Waals surface area contributed by atoms with Gasteiger partial charge in [-0.25, -0.2) is 0 Å². The topological polar surface area (TPSA) is 131 Å². The van der Waals surface area contributed by atoms with Gasteiger partial charge in [-0.3, -0.25) is 0 Å². The van der Waals surface area contributed by atoms with Gasteiger partial charge in [-0.1, -0.05) is 71.8 Å². The van der Waals surface area contributed by atoms with Crippen LogP contribution in [0.5, 0.6) is 0 Å². The van der Waals surface area contributed by atoms with E-state index in [9.17, 15) is 30.6 Å². The van der Waals surface area contributed by atoms with Gasteiger partial charge < -0.3 is 35.4 Å². The number of aryl methyl sites for hydroxylation is 1. The molecule has 6 N–H and O–H groups in total. The van der Waals surface area contributed by atoms with Crippen molar-refractivity contribution < 1.29 is 35.4 Å². The molecule has 0 aliphatic carbocycles. The second-order valence-corrected chi connectivity index (χ2v) is 8.58. The first-order valence-corrected chi connectivity index (χ1v) is 9.96. The van der Waals surface area contributed by atoms with E-state index in [-0.39, 0.29) is 5.56 Å². The van der Waals surface area contributed by atoms with E-state index >= 15 is 0 Å². The van der Waals surface area contributed by atoms with Gasteiger partial charge in [0.15, 0.2) is 11.2 Å². The molecule has 1 aliphatic rings. The number of alkyl halides is 1. The summed E-state index contributed by atoms with van der Waals surface area (Å²) in [5.41, 5.74) is -3.48. The lowest BCUT2D eigenvalue weighted by Gasteiger charge is -2.61. The molecule has 30 heavy (non-hydrogen) atoms. The summed E-state index contributed by atoms with van der Waals surface area (Å²) in [4.78, 5) is 0. The molecule has 0 unspecified atom stereocenters. The predicted molar refractivity (Wildman–Crippen MR) is 110 cm³/mol. The summed E-state index contributed by atoms with van der Waals surface area (Å²) < 4.78 is 5.73. The highest BCUT2D eigenvalue weighted by Crippen LogP contribution is 2.55. The zero-order valence-corrected chi connectivity index (χ0v) is 17.5. The molecular formula is C22H27ClO7. The third-order valence-corrected chi connectivity index (χ3v) is 6.52. The Hall–Kier alpha value is -1.55. The second kappa shape index (κ2) is 7.85. The summed E-state index contributed by atoms with van der Waals surface area (Å²) in [7, 11) is 0. The van der Waals surface area contributed by atoms with Gasteiger partial charge in [0, 0.05) is 12.0 Å². The van der Waals surface area contributed by atoms with Crippen molar-refractivity contribution in [2.45, 2.75) is 54.5 Å². The fraction of sp³-hybridized carbons (Fsp3) is 0.455. The normalized spacial score (nSPS) is 37.7. The number of benzene rings is 2. The minimum Gasteiger partial charge on any atom is -0.393 e. The number of hydrogen-bond acceptors (Lipinski definition) is 7. The van der Waals surface area contributed by atoms with E-state index in [2.05, 4.69) is 0 Å². The maximum absolute atomic E-state index is 11.7. The minimum absolute atomic E-state index is 0.0176. The molecule has 0 aromatic heterocycles. The van der Waals surface area contributed by atoms with E-state index in [1.54, 1.807) is 42.5 Å². The van der Waals surface area contributed by atoms with Crippen LogP contribution < -0.4 is 0 Å². The average molecular weight is 439 g/mol. The molecule has 2 aromatic rings. The summed E-state index contributed by atoms with van der Waals surface area (Å²) in [6.45, 7) is 2.10. The molecule has 1 aliphatic heterocycles. The number of ether oxygens (including phenoxy) is 1. The zero-order valence-electron chi connectivity index (χ0n) is 16.7. The smallest absolute Gasteiger partial charge is 0.227 e. The minimum atomic E-state index is -2.92. The molecule has 1 fully saturated rings. The highest BCUT2D eigenvalue weighted by Gasteiger charge is 2.76. The maximum atomic E-state index is 11.7. The first-order valence-electron chi connectivity index (χ1n) is 9.59. The third kappa shape index (κ3) is 3.26. The van der Waals surface area contributed by atoms with Gasteiger partial charge in [-0.2, -0.15) is 0 Å². The summed E-state index contributed by atoms with van der Waals surface area (Å²) in [5, 5.41) is 62.8. The summed E-state index contributed by atoms with van der Waals surface area (Å²) in [6.07, 6.45) is -4.13. The Kier molecular flexibility index (Phi) is 6.05. The Balaban J connectivity index is 2.25. The van der Waals surface area contributed by atoms with Gasteiger partial charge in [-0.05, 0) is 19.4 Å². The summed E-state index contributed by atoms with van der Waals surface area (Å²) in [5.74, 6) is -2.70. The van der Waals surface area contributed by atoms with Crippen LogP contribution in [0.4, 0.5) is 0 Å². The molecule has 164 valence electrons. The molecular weight excluding hydrogens is 412 g/mol. The Labute approximate surface area is 179 Å². The van der Waals surface area contributed by atoms with E-state index in [0.29, 0.717) is 5.56 Å². The number of aliphatic hydroxyl groups excluding tert-OH is 3. The molecule has 1 heterocycles. The zero-order chi connectivity index (χ0) is 22.4. The van der Waals surface area contributed by atoms with Crippen LogP contribution >= 0.6 is 11.6 Å². The molecule has 0 radical (unpaired) electrons. The summed E-state index contributed by atoms with van der Waals surface area (Å²) >= 11 is 6.35. The Bertz CT molecular complexity index is 873. The molecule has 6 atom stereocenters. The monoisotopic (exact) mass is 438 g/mol. The number of rotatable bonds is 5. The standard InChI is InChI=1S/C22H27ClO7/c1-14-8-10-16(11-9-14)12-20(27)21(23,28)18(26)19(13-24,15(2)25)30-22(20,29)17-6-4-3-5-7-17/h3-11,15,18,24-29H,12-13H2,1-2H3/t15-,18+,19+,20+,21-,22+/m0/s1. The highest BCUT2D eigenvalue weighted by atomic mass is 35.5. The van der Waals surface area contributed by atoms with Gasteiger partial charge >= 0.3 is 0 Å². The SMILES string of the molecule is Cc1ccc(C[C@]2(O)[C@@](O)(c3ccccc3)O[C@](CO)([C@H](C)O)[C@@H](O)[C@@]2(O)Cl)cc1. The van der Waals surface area contributed by atoms with Crippen molar-refractivity contribution in [2.24, 2.45) is 0 Å². The Morgan fingerprint density at radius 3 is 2.10 bits per heavy atom. The van der Waals surface area contributed by atoms with E-state index in [0.717, 1.165) is 5.56 Å². The van der Waals surface area contributed by atoms with Crippen LogP contribution in [0.15, 0.2) is 54.6 Å². The van der Waals surface area contributed by atoms with Crippen molar-refractivity contribution in [1.29, 1.82) is 0 Å². The van der Waals surface area contributed by atoms with E-state index in [1.165, 1.54) is 19.1 Å². The van der Waals surface area contributed by atoms with Gasteiger partial charge in [0.1, 0.15) is 6.10 Å². The fourth-order valence-electron chi connectivity index (χ4n) is 3.97. The van der Waals surface area contributed by atoms with E-state index in [1.807, 2.05) is 6.92 Å². The number of aliphatic hydroxyl groups is 6. The Morgan fingerprint density at radius 1 is 1.03 bits per heavy atom. The van der Waals surface area contributed by atoms with Crippen molar-refractivity contribution in [3.63, 3.8) is 0 Å². The third-order valence-electron chi connectivity index (χ3n) is 6.00. The van der Waals surface area contributed by atoms with Crippen molar-refractivity contribution in [2.75, 3.05) is 6.61 Å². The predicted octanol–water partition coefficient (Wildman–Crippen LogP) is 0.544. The first kappa shape index (κ1) is 23.1. The fourth-order valence-corrected chi connectivity index (χ4v) is 4.35. The maximum Gasteiger partial charge on any atom is 0.227 e. The van der Waals surface area contributed by atoms with Gasteiger partial charge in [0.05, 0.1) is 12.7 Å². The molecule has 0 amide bonds. The highest BCUT2D eigenvalue weighted by molar-refractivity contribution is 6.24. The number of halogens is 1. The van der Waals surface area contributed by atoms with Crippen molar-refractivity contribution >= 4 is 11.6 Å². The van der Waals surface area contributed by atoms with Crippen molar-refractivity contribution in [3.8, 4) is 0 Å². The van der Waals surface area contributed by atoms with Crippen LogP contribution in [0.25, 0.3) is 0 Å². The van der Waals surface area contributed by atoms with E-state index < -0.39 is 47.3 Å². The molecule has 1 saturated heterocycles. The van der Waals surface area contributed by atoms with Gasteiger partial charge in [-0.15, -0.1) is 0 Å². The van der Waals surface area contributed by atoms with Crippen LogP contribution in [0.1, 0.15) is 23.6 Å². The molecule has 0 spiro atoms. The lowest BCUT2D eigenvalue weighted by atomic mass is 9.68. The number of hydrogen-bond donors (Lipinski definition) is 6. The van der Waals surface area contributed by atoms with Crippen LogP contribution in [0, 0.1) is 6.92 Å². The molecule has 2 aromatic carbocycles. The molecule has 0 bridgehead atoms. The molecule has 7 nitrogen and oxygen atoms in total. The Morgan fingerprint density at radius 2 is 1.60 bits per heavy atom. The van der Waals surface area contributed by atoms with Crippen LogP contribution in [-0.2, 0) is 16.9 Å². The largest absolute Gasteiger partial charge is 0.393 e. The van der Waals surface area contributed by atoms with Crippen LogP contribution in [0.2, 0.25) is 0 Å². The lowest BCUT2D eigenvalue weighted by Crippen LogP contribution is -2.82. The van der Waals surface area contributed by atoms with Crippen molar-refractivity contribution in [3.05, 3.63) is 71.3 Å². The average Bonchev–Trinajstić information content (AvgIpc) is 2.72. The van der Waals surface area contributed by atoms with Crippen LogP contribution in [0.3, 0.4) is 0 Å². The van der Waals surface area contributed by atoms with Crippen molar-refractivity contribution in [1.82, 2.24) is 0 Å². The van der Waals surface area contributed by atoms with Gasteiger partial charge in [0.25, 0.3) is 0 Å². The second-order valence-electron chi connectivity index (χ2n) is 8.00. The van der Waals surface area contributed by atoms with E-state index in [4.69, 9.17) is 16.3 Å². The lowest BCUT2D eigenvalue weighted by molar-refractivity contribution is -0.444. The quantitative estimate of drug-likeness (QED) is 0.376. The van der Waals surface area contributed by atoms with Gasteiger partial charge in [0.2, 0.25) is 10.8 Å². The molecule has 8 heteroatoms. The summed E-state index contributed by atoms with van der Waals surface area (Å²) in [6, 6.07) is 14.6. The molecule has 3 rings (SSSR count). The first-order chi connectivity index (χ1) is 13.9. The van der Waals surface area contributed by atoms with Crippen LogP contribution in [-0.4, -0.2) is 65.7 Å². The molecule has 0 saturated carbocycles.